The number of anilines is 1. The number of halogens is 1. The van der Waals surface area contributed by atoms with E-state index in [0.717, 1.165) is 19.3 Å². The molecule has 0 aromatic carbocycles. The molecule has 1 aromatic heterocycles. The monoisotopic (exact) mass is 284 g/mol. The molecule has 0 saturated heterocycles. The van der Waals surface area contributed by atoms with Gasteiger partial charge in [-0.3, -0.25) is 4.79 Å². The zero-order chi connectivity index (χ0) is 13.0. The van der Waals surface area contributed by atoms with Gasteiger partial charge in [0.25, 0.3) is 0 Å². The molecule has 0 atom stereocenters. The Hall–Kier alpha value is -1.32. The third kappa shape index (κ3) is 3.86. The van der Waals surface area contributed by atoms with Crippen molar-refractivity contribution in [3.8, 4) is 6.07 Å². The molecule has 5 nitrogen and oxygen atoms in total. The van der Waals surface area contributed by atoms with E-state index < -0.39 is 0 Å². The van der Waals surface area contributed by atoms with Crippen LogP contribution in [-0.4, -0.2) is 23.5 Å². The van der Waals surface area contributed by atoms with Crippen molar-refractivity contribution in [3.05, 3.63) is 10.0 Å². The van der Waals surface area contributed by atoms with Gasteiger partial charge in [-0.25, -0.2) is 4.98 Å². The van der Waals surface area contributed by atoms with Crippen LogP contribution in [0.3, 0.4) is 0 Å². The van der Waals surface area contributed by atoms with E-state index in [2.05, 4.69) is 15.6 Å². The molecule has 1 aliphatic rings. The van der Waals surface area contributed by atoms with E-state index >= 15 is 0 Å². The van der Waals surface area contributed by atoms with Gasteiger partial charge in [0.15, 0.2) is 10.3 Å². The Morgan fingerprint density at radius 2 is 2.39 bits per heavy atom. The largest absolute Gasteiger partial charge is 0.361 e. The minimum Gasteiger partial charge on any atom is -0.361 e. The quantitative estimate of drug-likeness (QED) is 0.785. The topological polar surface area (TPSA) is 77.8 Å². The highest BCUT2D eigenvalue weighted by molar-refractivity contribution is 7.16. The molecule has 7 heteroatoms. The van der Waals surface area contributed by atoms with E-state index in [1.54, 1.807) is 0 Å². The van der Waals surface area contributed by atoms with Crippen LogP contribution < -0.4 is 10.6 Å². The first kappa shape index (κ1) is 13.1. The number of nitrogens with zero attached hydrogens (tertiary/aromatic N) is 2. The predicted octanol–water partition coefficient (Wildman–Crippen LogP) is 2.14. The van der Waals surface area contributed by atoms with Gasteiger partial charge < -0.3 is 10.6 Å². The molecule has 0 radical (unpaired) electrons. The lowest BCUT2D eigenvalue weighted by molar-refractivity contribution is -0.121. The first-order valence-electron chi connectivity index (χ1n) is 5.78. The first-order valence-corrected chi connectivity index (χ1v) is 6.98. The second-order valence-corrected chi connectivity index (χ2v) is 5.48. The Balaban J connectivity index is 1.65. The van der Waals surface area contributed by atoms with Crippen molar-refractivity contribution in [2.75, 3.05) is 11.9 Å². The maximum Gasteiger partial charge on any atom is 0.220 e. The van der Waals surface area contributed by atoms with Gasteiger partial charge in [-0.15, -0.1) is 0 Å². The van der Waals surface area contributed by atoms with Crippen molar-refractivity contribution in [3.63, 3.8) is 0 Å². The van der Waals surface area contributed by atoms with Crippen LogP contribution in [0, 0.1) is 11.3 Å². The maximum atomic E-state index is 11.4. The van der Waals surface area contributed by atoms with Gasteiger partial charge in [-0.2, -0.15) is 5.26 Å². The molecule has 1 fully saturated rings. The fourth-order valence-corrected chi connectivity index (χ4v) is 2.39. The highest BCUT2D eigenvalue weighted by atomic mass is 35.5. The normalized spacial score (nSPS) is 14.0. The van der Waals surface area contributed by atoms with Crippen LogP contribution in [0.4, 0.5) is 5.13 Å². The van der Waals surface area contributed by atoms with Crippen molar-refractivity contribution < 1.29 is 4.79 Å². The highest BCUT2D eigenvalue weighted by Crippen LogP contribution is 2.25. The van der Waals surface area contributed by atoms with Gasteiger partial charge in [0.05, 0.1) is 0 Å². The predicted molar refractivity (Wildman–Crippen MR) is 70.7 cm³/mol. The number of thiazole rings is 1. The van der Waals surface area contributed by atoms with Gasteiger partial charge in [-0.1, -0.05) is 22.9 Å². The standard InChI is InChI=1S/C11H13ClN4OS/c12-10-8(6-13)18-11(16-10)14-5-1-2-9(17)15-7-3-4-7/h7H,1-5H2,(H,14,16)(H,15,17). The minimum absolute atomic E-state index is 0.106. The first-order chi connectivity index (χ1) is 8.69. The van der Waals surface area contributed by atoms with E-state index in [1.165, 1.54) is 11.3 Å². The molecule has 1 amide bonds. The van der Waals surface area contributed by atoms with Gasteiger partial charge in [0.2, 0.25) is 5.91 Å². The number of carbonyl (C=O) groups is 1. The molecular formula is C11H13ClN4OS. The third-order valence-electron chi connectivity index (χ3n) is 2.49. The number of hydrogen-bond acceptors (Lipinski definition) is 5. The molecular weight excluding hydrogens is 272 g/mol. The van der Waals surface area contributed by atoms with Gasteiger partial charge >= 0.3 is 0 Å². The lowest BCUT2D eigenvalue weighted by Gasteiger charge is -2.03. The summed E-state index contributed by atoms with van der Waals surface area (Å²) in [6, 6.07) is 2.39. The molecule has 0 unspecified atom stereocenters. The average Bonchev–Trinajstić information content (AvgIpc) is 3.07. The summed E-state index contributed by atoms with van der Waals surface area (Å²) < 4.78 is 0. The molecule has 2 N–H and O–H groups in total. The number of rotatable bonds is 6. The minimum atomic E-state index is 0.106. The van der Waals surface area contributed by atoms with Crippen molar-refractivity contribution in [1.29, 1.82) is 5.26 Å². The Morgan fingerprint density at radius 3 is 3.00 bits per heavy atom. The van der Waals surface area contributed by atoms with Gasteiger partial charge in [0.1, 0.15) is 10.9 Å². The number of hydrogen-bond donors (Lipinski definition) is 2. The Kier molecular flexibility index (Phi) is 4.39. The molecule has 1 heterocycles. The van der Waals surface area contributed by atoms with Crippen molar-refractivity contribution in [2.24, 2.45) is 0 Å². The van der Waals surface area contributed by atoms with E-state index in [4.69, 9.17) is 16.9 Å². The zero-order valence-electron chi connectivity index (χ0n) is 9.70. The van der Waals surface area contributed by atoms with Crippen LogP contribution in [0.25, 0.3) is 0 Å². The van der Waals surface area contributed by atoms with Crippen LogP contribution in [-0.2, 0) is 4.79 Å². The second kappa shape index (κ2) is 6.03. The Morgan fingerprint density at radius 1 is 1.61 bits per heavy atom. The summed E-state index contributed by atoms with van der Waals surface area (Å²) in [7, 11) is 0. The fourth-order valence-electron chi connectivity index (χ4n) is 1.42. The molecule has 18 heavy (non-hydrogen) atoms. The summed E-state index contributed by atoms with van der Waals surface area (Å²) in [5.41, 5.74) is 0. The number of carbonyl (C=O) groups excluding carboxylic acids is 1. The lowest BCUT2D eigenvalue weighted by atomic mass is 10.3. The fraction of sp³-hybridized carbons (Fsp3) is 0.545. The molecule has 1 aliphatic carbocycles. The molecule has 0 aliphatic heterocycles. The summed E-state index contributed by atoms with van der Waals surface area (Å²) in [4.78, 5) is 15.8. The van der Waals surface area contributed by atoms with Crippen molar-refractivity contribution in [1.82, 2.24) is 10.3 Å². The number of amides is 1. The highest BCUT2D eigenvalue weighted by Gasteiger charge is 2.22. The SMILES string of the molecule is N#Cc1sc(NCCCC(=O)NC2CC2)nc1Cl. The third-order valence-corrected chi connectivity index (χ3v) is 3.79. The average molecular weight is 285 g/mol. The summed E-state index contributed by atoms with van der Waals surface area (Å²) in [6.07, 6.45) is 3.46. The lowest BCUT2D eigenvalue weighted by Crippen LogP contribution is -2.25. The van der Waals surface area contributed by atoms with Crippen molar-refractivity contribution in [2.45, 2.75) is 31.7 Å². The summed E-state index contributed by atoms with van der Waals surface area (Å²) in [5, 5.41) is 15.6. The Labute approximate surface area is 114 Å². The molecule has 2 rings (SSSR count). The van der Waals surface area contributed by atoms with Crippen LogP contribution in [0.1, 0.15) is 30.6 Å². The van der Waals surface area contributed by atoms with Crippen LogP contribution in [0.2, 0.25) is 5.15 Å². The molecule has 0 spiro atoms. The van der Waals surface area contributed by atoms with Crippen LogP contribution >= 0.6 is 22.9 Å². The number of aromatic nitrogens is 1. The van der Waals surface area contributed by atoms with Gasteiger partial charge in [-0.05, 0) is 19.3 Å². The van der Waals surface area contributed by atoms with E-state index in [0.29, 0.717) is 29.0 Å². The zero-order valence-corrected chi connectivity index (χ0v) is 11.3. The van der Waals surface area contributed by atoms with E-state index in [1.807, 2.05) is 6.07 Å². The van der Waals surface area contributed by atoms with E-state index in [-0.39, 0.29) is 11.1 Å². The molecule has 0 bridgehead atoms. The summed E-state index contributed by atoms with van der Waals surface area (Å²) in [6.45, 7) is 0.646. The van der Waals surface area contributed by atoms with Crippen LogP contribution in [0.15, 0.2) is 0 Å². The van der Waals surface area contributed by atoms with Gasteiger partial charge in [0, 0.05) is 19.0 Å². The number of nitriles is 1. The smallest absolute Gasteiger partial charge is 0.220 e. The summed E-state index contributed by atoms with van der Waals surface area (Å²) in [5.74, 6) is 0.106. The molecule has 1 aromatic rings. The van der Waals surface area contributed by atoms with Crippen molar-refractivity contribution >= 4 is 34.0 Å². The molecule has 96 valence electrons. The van der Waals surface area contributed by atoms with Crippen LogP contribution in [0.5, 0.6) is 0 Å². The van der Waals surface area contributed by atoms with E-state index in [9.17, 15) is 4.79 Å². The summed E-state index contributed by atoms with van der Waals surface area (Å²) >= 11 is 6.97. The number of nitrogens with one attached hydrogen (secondary N) is 2. The maximum absolute atomic E-state index is 11.4. The second-order valence-electron chi connectivity index (χ2n) is 4.12. The Bertz CT molecular complexity index is 478. The molecule has 1 saturated carbocycles.